The number of fused-ring (bicyclic) bond motifs is 5. The lowest BCUT2D eigenvalue weighted by Gasteiger charge is -2.32. The van der Waals surface area contributed by atoms with Crippen molar-refractivity contribution >= 4 is 16.9 Å². The molecule has 0 fully saturated rings. The molecule has 3 aromatic rings. The molecule has 158 valence electrons. The van der Waals surface area contributed by atoms with Gasteiger partial charge in [0.2, 0.25) is 0 Å². The Morgan fingerprint density at radius 3 is 2.63 bits per heavy atom. The van der Waals surface area contributed by atoms with Crippen LogP contribution in [0.2, 0.25) is 0 Å². The van der Waals surface area contributed by atoms with Crippen molar-refractivity contribution in [2.75, 3.05) is 0 Å². The fourth-order valence-electron chi connectivity index (χ4n) is 4.86. The van der Waals surface area contributed by atoms with E-state index in [9.17, 15) is 19.4 Å². The van der Waals surface area contributed by atoms with Crippen molar-refractivity contribution in [1.29, 1.82) is 0 Å². The van der Waals surface area contributed by atoms with Crippen molar-refractivity contribution in [1.82, 2.24) is 4.57 Å². The highest BCUT2D eigenvalue weighted by Gasteiger charge is 2.35. The second-order valence-corrected chi connectivity index (χ2v) is 8.40. The van der Waals surface area contributed by atoms with Gasteiger partial charge in [-0.05, 0) is 49.6 Å². The summed E-state index contributed by atoms with van der Waals surface area (Å²) in [6.07, 6.45) is -2.18. The fraction of sp³-hybridized carbons (Fsp3) is 0.375. The molecule has 1 aliphatic rings. The first-order valence-corrected chi connectivity index (χ1v) is 10.3. The molecule has 30 heavy (non-hydrogen) atoms. The van der Waals surface area contributed by atoms with Crippen LogP contribution in [0.4, 0.5) is 4.39 Å². The Labute approximate surface area is 174 Å². The molecular formula is C24H26FNO4. The number of aliphatic carboxylic acids is 1. The molecule has 1 heterocycles. The number of benzene rings is 2. The van der Waals surface area contributed by atoms with Crippen molar-refractivity contribution in [3.63, 3.8) is 0 Å². The summed E-state index contributed by atoms with van der Waals surface area (Å²) in [5.74, 6) is -1.94. The molecule has 1 unspecified atom stereocenters. The van der Waals surface area contributed by atoms with E-state index >= 15 is 0 Å². The number of carboxylic acid groups (broad SMARTS) is 1. The highest BCUT2D eigenvalue weighted by atomic mass is 19.1. The standard InChI is InChI=1S/C24H26FNO4/c1-13(2)26-20-6-4-3-5-17(20)24-16-8-7-14(25)9-18(16)19(12-21(24)26)22(28)10-15(27)11-23(29)30/h3-9,13,15,19,22,27-28H,10-12H2,1-2H3,(H,29,30)/t15-,19?,22+/m1/s1. The van der Waals surface area contributed by atoms with Crippen LogP contribution in [0.25, 0.3) is 22.0 Å². The molecule has 0 aliphatic heterocycles. The molecule has 3 N–H and O–H groups in total. The molecule has 4 rings (SSSR count). The zero-order valence-corrected chi connectivity index (χ0v) is 17.0. The Hall–Kier alpha value is -2.70. The van der Waals surface area contributed by atoms with Gasteiger partial charge >= 0.3 is 5.97 Å². The minimum Gasteiger partial charge on any atom is -0.481 e. The first-order valence-electron chi connectivity index (χ1n) is 10.3. The minimum absolute atomic E-state index is 0.0792. The van der Waals surface area contributed by atoms with Gasteiger partial charge in [-0.15, -0.1) is 0 Å². The summed E-state index contributed by atoms with van der Waals surface area (Å²) in [7, 11) is 0. The Balaban J connectivity index is 1.85. The summed E-state index contributed by atoms with van der Waals surface area (Å²) >= 11 is 0. The molecule has 1 aliphatic carbocycles. The number of hydrogen-bond donors (Lipinski definition) is 3. The highest BCUT2D eigenvalue weighted by Crippen LogP contribution is 2.47. The molecule has 2 aromatic carbocycles. The lowest BCUT2D eigenvalue weighted by molar-refractivity contribution is -0.139. The van der Waals surface area contributed by atoms with E-state index in [-0.39, 0.29) is 18.3 Å². The van der Waals surface area contributed by atoms with E-state index in [2.05, 4.69) is 30.5 Å². The number of aliphatic hydroxyl groups excluding tert-OH is 2. The number of para-hydroxylation sites is 1. The maximum absolute atomic E-state index is 14.2. The Morgan fingerprint density at radius 1 is 1.20 bits per heavy atom. The second kappa shape index (κ2) is 7.85. The van der Waals surface area contributed by atoms with Crippen LogP contribution >= 0.6 is 0 Å². The first-order chi connectivity index (χ1) is 14.3. The maximum atomic E-state index is 14.2. The van der Waals surface area contributed by atoms with Crippen molar-refractivity contribution in [2.45, 2.75) is 57.3 Å². The van der Waals surface area contributed by atoms with Crippen LogP contribution in [-0.2, 0) is 11.2 Å². The number of hydrogen-bond acceptors (Lipinski definition) is 3. The summed E-state index contributed by atoms with van der Waals surface area (Å²) in [6, 6.07) is 12.9. The number of halogens is 1. The van der Waals surface area contributed by atoms with Gasteiger partial charge in [-0.25, -0.2) is 4.39 Å². The van der Waals surface area contributed by atoms with Gasteiger partial charge in [0, 0.05) is 40.5 Å². The van der Waals surface area contributed by atoms with Crippen LogP contribution in [-0.4, -0.2) is 38.1 Å². The topological polar surface area (TPSA) is 82.7 Å². The molecule has 0 saturated heterocycles. The molecule has 5 nitrogen and oxygen atoms in total. The Kier molecular flexibility index (Phi) is 5.38. The zero-order chi connectivity index (χ0) is 21.6. The van der Waals surface area contributed by atoms with Gasteiger partial charge in [-0.2, -0.15) is 0 Å². The average molecular weight is 411 g/mol. The van der Waals surface area contributed by atoms with Gasteiger partial charge in [-0.3, -0.25) is 4.79 Å². The van der Waals surface area contributed by atoms with Crippen LogP contribution in [0.5, 0.6) is 0 Å². The van der Waals surface area contributed by atoms with Crippen molar-refractivity contribution < 1.29 is 24.5 Å². The van der Waals surface area contributed by atoms with Crippen LogP contribution < -0.4 is 0 Å². The summed E-state index contributed by atoms with van der Waals surface area (Å²) in [4.78, 5) is 10.9. The van der Waals surface area contributed by atoms with Crippen LogP contribution in [0, 0.1) is 5.82 Å². The third-order valence-electron chi connectivity index (χ3n) is 6.01. The molecule has 0 spiro atoms. The monoisotopic (exact) mass is 411 g/mol. The number of rotatable bonds is 6. The highest BCUT2D eigenvalue weighted by molar-refractivity contribution is 6.00. The smallest absolute Gasteiger partial charge is 0.305 e. The quantitative estimate of drug-likeness (QED) is 0.566. The predicted molar refractivity (Wildman–Crippen MR) is 113 cm³/mol. The largest absolute Gasteiger partial charge is 0.481 e. The van der Waals surface area contributed by atoms with E-state index in [0.29, 0.717) is 12.0 Å². The second-order valence-electron chi connectivity index (χ2n) is 8.40. The van der Waals surface area contributed by atoms with E-state index in [1.807, 2.05) is 12.1 Å². The van der Waals surface area contributed by atoms with E-state index in [1.165, 1.54) is 12.1 Å². The summed E-state index contributed by atoms with van der Waals surface area (Å²) in [5, 5.41) is 31.0. The normalized spacial score (nSPS) is 17.6. The van der Waals surface area contributed by atoms with E-state index in [0.717, 1.165) is 27.7 Å². The van der Waals surface area contributed by atoms with Crippen molar-refractivity contribution in [3.8, 4) is 11.1 Å². The van der Waals surface area contributed by atoms with Crippen molar-refractivity contribution in [2.24, 2.45) is 0 Å². The van der Waals surface area contributed by atoms with Crippen molar-refractivity contribution in [3.05, 3.63) is 59.5 Å². The molecule has 1 aromatic heterocycles. The van der Waals surface area contributed by atoms with Gasteiger partial charge in [0.25, 0.3) is 0 Å². The van der Waals surface area contributed by atoms with Gasteiger partial charge in [0.1, 0.15) is 5.82 Å². The van der Waals surface area contributed by atoms with Gasteiger partial charge < -0.3 is 19.9 Å². The van der Waals surface area contributed by atoms with Gasteiger partial charge in [0.15, 0.2) is 0 Å². The number of aromatic nitrogens is 1. The van der Waals surface area contributed by atoms with E-state index in [4.69, 9.17) is 5.11 Å². The number of carboxylic acids is 1. The average Bonchev–Trinajstić information content (AvgIpc) is 3.00. The summed E-state index contributed by atoms with van der Waals surface area (Å²) in [6.45, 7) is 4.21. The SMILES string of the molecule is CC(C)n1c2c(c3ccccc31)-c1ccc(F)cc1C([C@@H](O)C[C@@H](O)CC(=O)O)C2. The summed E-state index contributed by atoms with van der Waals surface area (Å²) in [5.41, 5.74) is 4.80. The zero-order valence-electron chi connectivity index (χ0n) is 17.0. The molecule has 6 heteroatoms. The predicted octanol–water partition coefficient (Wildman–Crippen LogP) is 4.25. The minimum atomic E-state index is -1.16. The third-order valence-corrected chi connectivity index (χ3v) is 6.01. The molecular weight excluding hydrogens is 385 g/mol. The van der Waals surface area contributed by atoms with E-state index in [1.54, 1.807) is 6.07 Å². The van der Waals surface area contributed by atoms with Crippen LogP contribution in [0.1, 0.15) is 49.9 Å². The van der Waals surface area contributed by atoms with E-state index < -0.39 is 30.5 Å². The number of nitrogens with zero attached hydrogens (tertiary/aromatic N) is 1. The fourth-order valence-corrected chi connectivity index (χ4v) is 4.86. The molecule has 0 amide bonds. The number of carbonyl (C=O) groups is 1. The molecule has 3 atom stereocenters. The Bertz CT molecular complexity index is 1100. The lowest BCUT2D eigenvalue weighted by atomic mass is 9.77. The van der Waals surface area contributed by atoms with Crippen LogP contribution in [0.3, 0.4) is 0 Å². The third kappa shape index (κ3) is 3.50. The molecule has 0 radical (unpaired) electrons. The van der Waals surface area contributed by atoms with Gasteiger partial charge in [0.05, 0.1) is 18.6 Å². The number of aliphatic hydroxyl groups is 2. The lowest BCUT2D eigenvalue weighted by Crippen LogP contribution is -2.30. The summed E-state index contributed by atoms with van der Waals surface area (Å²) < 4.78 is 16.4. The van der Waals surface area contributed by atoms with Gasteiger partial charge in [-0.1, -0.05) is 24.3 Å². The maximum Gasteiger partial charge on any atom is 0.305 e. The molecule has 0 saturated carbocycles. The Morgan fingerprint density at radius 2 is 1.93 bits per heavy atom. The molecule has 0 bridgehead atoms. The van der Waals surface area contributed by atoms with Crippen LogP contribution in [0.15, 0.2) is 42.5 Å². The first kappa shape index (κ1) is 20.6.